The summed E-state index contributed by atoms with van der Waals surface area (Å²) < 4.78 is 103. The van der Waals surface area contributed by atoms with Crippen LogP contribution in [-0.2, 0) is 32.9 Å². The average Bonchev–Trinajstić information content (AvgIpc) is 2.86. The fraction of sp³-hybridized carbons (Fsp3) is 0.280. The van der Waals surface area contributed by atoms with E-state index in [9.17, 15) is 30.0 Å². The van der Waals surface area contributed by atoms with Gasteiger partial charge in [0.25, 0.3) is 0 Å². The maximum absolute atomic E-state index is 13.4. The van der Waals surface area contributed by atoms with Crippen molar-refractivity contribution in [3.05, 3.63) is 83.9 Å². The van der Waals surface area contributed by atoms with Gasteiger partial charge in [-0.15, -0.1) is 0 Å². The Morgan fingerprint density at radius 1 is 0.865 bits per heavy atom. The second-order valence-corrected chi connectivity index (χ2v) is 11.6. The summed E-state index contributed by atoms with van der Waals surface area (Å²) in [6.45, 7) is 3.49. The average molecular weight is 558 g/mol. The minimum Gasteiger partial charge on any atom is -0.497 e. The molecule has 3 aromatic rings. The third kappa shape index (κ3) is 6.82. The van der Waals surface area contributed by atoms with Gasteiger partial charge in [-0.2, -0.15) is 25.9 Å². The molecule has 0 saturated carbocycles. The zero-order valence-electron chi connectivity index (χ0n) is 20.3. The van der Waals surface area contributed by atoms with Gasteiger partial charge >= 0.3 is 16.3 Å². The Kier molecular flexibility index (Phi) is 8.56. The summed E-state index contributed by atoms with van der Waals surface area (Å²) in [4.78, 5) is -0.593. The van der Waals surface area contributed by atoms with Crippen molar-refractivity contribution < 1.29 is 38.9 Å². The molecule has 0 spiro atoms. The van der Waals surface area contributed by atoms with Gasteiger partial charge in [-0.1, -0.05) is 25.1 Å². The minimum absolute atomic E-state index is 0.0631. The van der Waals surface area contributed by atoms with Gasteiger partial charge in [0, 0.05) is 12.6 Å². The summed E-state index contributed by atoms with van der Waals surface area (Å²) in [5.74, 6) is 0.335. The third-order valence-electron chi connectivity index (χ3n) is 5.64. The molecule has 0 bridgehead atoms. The Morgan fingerprint density at radius 2 is 1.51 bits per heavy atom. The van der Waals surface area contributed by atoms with Gasteiger partial charge in [-0.3, -0.25) is 0 Å². The standard InChI is InChI=1S/C25H26F3NO6S2/c1-4-18(2)29(36(30,31)23-13-11-21(34-3)12-14-23)17-19-7-5-9-22(15-19)35-37(32,33)24-10-6-8-20(16-24)25(26,27)28/h5-16,18H,4,17H2,1-3H3. The quantitative estimate of drug-likeness (QED) is 0.307. The molecule has 12 heteroatoms. The maximum atomic E-state index is 13.4. The Labute approximate surface area is 214 Å². The van der Waals surface area contributed by atoms with E-state index >= 15 is 0 Å². The molecule has 0 N–H and O–H groups in total. The highest BCUT2D eigenvalue weighted by Gasteiger charge is 2.32. The number of ether oxygens (including phenoxy) is 1. The molecule has 0 aliphatic carbocycles. The molecular formula is C25H26F3NO6S2. The normalized spacial score (nSPS) is 13.4. The smallest absolute Gasteiger partial charge is 0.416 e. The number of hydrogen-bond acceptors (Lipinski definition) is 6. The van der Waals surface area contributed by atoms with Gasteiger partial charge < -0.3 is 8.92 Å². The monoisotopic (exact) mass is 557 g/mol. The molecule has 7 nitrogen and oxygen atoms in total. The third-order valence-corrected chi connectivity index (χ3v) is 8.86. The van der Waals surface area contributed by atoms with Crippen molar-refractivity contribution in [2.24, 2.45) is 0 Å². The van der Waals surface area contributed by atoms with Crippen LogP contribution in [0.3, 0.4) is 0 Å². The predicted molar refractivity (Wildman–Crippen MR) is 131 cm³/mol. The van der Waals surface area contributed by atoms with Gasteiger partial charge in [0.15, 0.2) is 0 Å². The first-order valence-electron chi connectivity index (χ1n) is 11.1. The van der Waals surface area contributed by atoms with E-state index in [0.717, 1.165) is 18.2 Å². The maximum Gasteiger partial charge on any atom is 0.416 e. The highest BCUT2D eigenvalue weighted by molar-refractivity contribution is 7.89. The number of benzene rings is 3. The summed E-state index contributed by atoms with van der Waals surface area (Å²) >= 11 is 0. The molecular weight excluding hydrogens is 531 g/mol. The van der Waals surface area contributed by atoms with Gasteiger partial charge in [0.1, 0.15) is 16.4 Å². The van der Waals surface area contributed by atoms with Crippen LogP contribution in [0.15, 0.2) is 82.6 Å². The largest absolute Gasteiger partial charge is 0.497 e. The lowest BCUT2D eigenvalue weighted by atomic mass is 10.2. The number of alkyl halides is 3. The topological polar surface area (TPSA) is 90.0 Å². The van der Waals surface area contributed by atoms with Gasteiger partial charge in [0.05, 0.1) is 17.6 Å². The van der Waals surface area contributed by atoms with Crippen LogP contribution in [0.2, 0.25) is 0 Å². The molecule has 0 aromatic heterocycles. The fourth-order valence-corrected chi connectivity index (χ4v) is 6.11. The Morgan fingerprint density at radius 3 is 2.11 bits per heavy atom. The Bertz CT molecular complexity index is 1440. The van der Waals surface area contributed by atoms with Crippen molar-refractivity contribution in [2.75, 3.05) is 7.11 Å². The van der Waals surface area contributed by atoms with Crippen LogP contribution >= 0.6 is 0 Å². The van der Waals surface area contributed by atoms with E-state index in [2.05, 4.69) is 0 Å². The van der Waals surface area contributed by atoms with Crippen molar-refractivity contribution in [1.29, 1.82) is 0 Å². The van der Waals surface area contributed by atoms with E-state index in [-0.39, 0.29) is 17.2 Å². The van der Waals surface area contributed by atoms with Crippen LogP contribution in [0.1, 0.15) is 31.4 Å². The molecule has 1 atom stereocenters. The number of methoxy groups -OCH3 is 1. The lowest BCUT2D eigenvalue weighted by Gasteiger charge is -2.28. The summed E-state index contributed by atoms with van der Waals surface area (Å²) in [5, 5.41) is 0. The second-order valence-electron chi connectivity index (χ2n) is 8.19. The summed E-state index contributed by atoms with van der Waals surface area (Å²) in [6, 6.07) is 14.5. The number of rotatable bonds is 10. The van der Waals surface area contributed by atoms with E-state index in [1.165, 1.54) is 53.9 Å². The molecule has 200 valence electrons. The van der Waals surface area contributed by atoms with Crippen molar-refractivity contribution in [3.8, 4) is 11.5 Å². The Hall–Kier alpha value is -3.09. The van der Waals surface area contributed by atoms with E-state index in [0.29, 0.717) is 23.8 Å². The summed E-state index contributed by atoms with van der Waals surface area (Å²) in [5.41, 5.74) is -0.701. The molecule has 0 aliphatic rings. The van der Waals surface area contributed by atoms with Crippen LogP contribution in [0, 0.1) is 0 Å². The van der Waals surface area contributed by atoms with Crippen molar-refractivity contribution in [3.63, 3.8) is 0 Å². The first-order chi connectivity index (χ1) is 17.3. The number of nitrogens with zero attached hydrogens (tertiary/aromatic N) is 1. The molecule has 3 aromatic carbocycles. The highest BCUT2D eigenvalue weighted by Crippen LogP contribution is 2.31. The first-order valence-corrected chi connectivity index (χ1v) is 14.0. The van der Waals surface area contributed by atoms with Gasteiger partial charge in [0.2, 0.25) is 10.0 Å². The summed E-state index contributed by atoms with van der Waals surface area (Å²) in [6.07, 6.45) is -4.21. The van der Waals surface area contributed by atoms with E-state index in [4.69, 9.17) is 8.92 Å². The molecule has 0 aliphatic heterocycles. The van der Waals surface area contributed by atoms with Crippen molar-refractivity contribution in [2.45, 2.75) is 48.8 Å². The number of hydrogen-bond donors (Lipinski definition) is 0. The molecule has 37 heavy (non-hydrogen) atoms. The van der Waals surface area contributed by atoms with Crippen LogP contribution in [0.5, 0.6) is 11.5 Å². The van der Waals surface area contributed by atoms with Crippen LogP contribution < -0.4 is 8.92 Å². The molecule has 1 unspecified atom stereocenters. The molecule has 0 amide bonds. The van der Waals surface area contributed by atoms with Crippen molar-refractivity contribution >= 4 is 20.1 Å². The summed E-state index contributed by atoms with van der Waals surface area (Å²) in [7, 11) is -7.05. The molecule has 3 rings (SSSR count). The minimum atomic E-state index is -4.72. The van der Waals surface area contributed by atoms with Crippen LogP contribution in [0.25, 0.3) is 0 Å². The number of sulfonamides is 1. The number of halogens is 3. The second kappa shape index (κ2) is 11.1. The lowest BCUT2D eigenvalue weighted by Crippen LogP contribution is -2.37. The molecule has 0 heterocycles. The fourth-order valence-electron chi connectivity index (χ4n) is 3.44. The van der Waals surface area contributed by atoms with Crippen molar-refractivity contribution in [1.82, 2.24) is 4.31 Å². The predicted octanol–water partition coefficient (Wildman–Crippen LogP) is 5.47. The first kappa shape index (κ1) is 28.5. The molecule has 0 fully saturated rings. The lowest BCUT2D eigenvalue weighted by molar-refractivity contribution is -0.137. The van der Waals surface area contributed by atoms with E-state index < -0.39 is 42.8 Å². The Balaban J connectivity index is 1.89. The van der Waals surface area contributed by atoms with Crippen LogP contribution in [-0.4, -0.2) is 34.3 Å². The zero-order valence-corrected chi connectivity index (χ0v) is 21.9. The van der Waals surface area contributed by atoms with Crippen LogP contribution in [0.4, 0.5) is 13.2 Å². The molecule has 0 radical (unpaired) electrons. The zero-order chi connectivity index (χ0) is 27.4. The van der Waals surface area contributed by atoms with E-state index in [1.54, 1.807) is 13.0 Å². The van der Waals surface area contributed by atoms with E-state index in [1.807, 2.05) is 6.92 Å². The highest BCUT2D eigenvalue weighted by atomic mass is 32.2. The van der Waals surface area contributed by atoms with Gasteiger partial charge in [-0.25, -0.2) is 8.42 Å². The molecule has 0 saturated heterocycles. The van der Waals surface area contributed by atoms with Gasteiger partial charge in [-0.05, 0) is 73.5 Å². The SMILES string of the molecule is CCC(C)N(Cc1cccc(OS(=O)(=O)c2cccc(C(F)(F)F)c2)c1)S(=O)(=O)c1ccc(OC)cc1.